The number of carbonyl (C=O) groups excluding carboxylic acids is 1. The van der Waals surface area contributed by atoms with Gasteiger partial charge in [-0.2, -0.15) is 0 Å². The van der Waals surface area contributed by atoms with Crippen molar-refractivity contribution in [1.29, 1.82) is 0 Å². The van der Waals surface area contributed by atoms with E-state index < -0.39 is 0 Å². The molecule has 1 aliphatic heterocycles. The Balaban J connectivity index is 0.00000176. The van der Waals surface area contributed by atoms with Crippen LogP contribution in [0.2, 0.25) is 0 Å². The highest BCUT2D eigenvalue weighted by Crippen LogP contribution is 2.29. The molecule has 1 heterocycles. The molecule has 0 atom stereocenters. The third kappa shape index (κ3) is 3.40. The van der Waals surface area contributed by atoms with Gasteiger partial charge in [0.1, 0.15) is 0 Å². The van der Waals surface area contributed by atoms with Crippen LogP contribution in [0.25, 0.3) is 0 Å². The third-order valence-corrected chi connectivity index (χ3v) is 4.94. The second-order valence-corrected chi connectivity index (χ2v) is 6.25. The van der Waals surface area contributed by atoms with Crippen molar-refractivity contribution in [2.75, 3.05) is 18.4 Å². The summed E-state index contributed by atoms with van der Waals surface area (Å²) in [6, 6.07) is 6.57. The van der Waals surface area contributed by atoms with Gasteiger partial charge in [-0.25, -0.2) is 0 Å². The normalized spacial score (nSPS) is 17.9. The van der Waals surface area contributed by atoms with E-state index in [0.29, 0.717) is 6.04 Å². The number of fused-ring (bicyclic) bond motifs is 1. The van der Waals surface area contributed by atoms with Crippen molar-refractivity contribution in [2.24, 2.45) is 0 Å². The lowest BCUT2D eigenvalue weighted by atomic mass is 9.92. The Morgan fingerprint density at radius 1 is 1.23 bits per heavy atom. The molecule has 0 saturated heterocycles. The zero-order chi connectivity index (χ0) is 14.7. The Hall–Kier alpha value is -1.22. The lowest BCUT2D eigenvalue weighted by Gasteiger charge is -2.34. The highest BCUT2D eigenvalue weighted by atomic mass is 35.5. The highest BCUT2D eigenvalue weighted by Gasteiger charge is 2.27. The van der Waals surface area contributed by atoms with Crippen molar-refractivity contribution in [3.63, 3.8) is 0 Å². The first kappa shape index (κ1) is 17.1. The number of hydrogen-bond donors (Lipinski definition) is 1. The molecule has 1 fully saturated rings. The van der Waals surface area contributed by atoms with Gasteiger partial charge in [0.25, 0.3) is 5.91 Å². The maximum atomic E-state index is 13.0. The second kappa shape index (κ2) is 7.87. The summed E-state index contributed by atoms with van der Waals surface area (Å²) in [7, 11) is 0. The molecule has 0 bridgehead atoms. The molecule has 0 radical (unpaired) electrons. The molecule has 2 aliphatic rings. The van der Waals surface area contributed by atoms with Crippen LogP contribution < -0.4 is 5.32 Å². The Morgan fingerprint density at radius 2 is 2.00 bits per heavy atom. The minimum Gasteiger partial charge on any atom is -0.385 e. The van der Waals surface area contributed by atoms with Crippen LogP contribution in [0.1, 0.15) is 61.4 Å². The molecule has 1 amide bonds. The fourth-order valence-corrected chi connectivity index (χ4v) is 3.83. The molecular formula is C18H27ClN2O. The first-order valence-corrected chi connectivity index (χ1v) is 8.48. The number of nitrogens with one attached hydrogen (secondary N) is 1. The Morgan fingerprint density at radius 3 is 2.73 bits per heavy atom. The zero-order valence-electron chi connectivity index (χ0n) is 13.4. The Kier molecular flexibility index (Phi) is 6.13. The summed E-state index contributed by atoms with van der Waals surface area (Å²) >= 11 is 0. The first-order chi connectivity index (χ1) is 10.3. The number of anilines is 1. The molecular weight excluding hydrogens is 296 g/mol. The minimum absolute atomic E-state index is 0. The molecule has 1 aromatic rings. The van der Waals surface area contributed by atoms with Crippen LogP contribution in [-0.4, -0.2) is 29.9 Å². The van der Waals surface area contributed by atoms with Crippen molar-refractivity contribution in [3.8, 4) is 0 Å². The molecule has 22 heavy (non-hydrogen) atoms. The number of rotatable bonds is 3. The van der Waals surface area contributed by atoms with E-state index >= 15 is 0 Å². The Labute approximate surface area is 139 Å². The summed E-state index contributed by atoms with van der Waals surface area (Å²) in [6.07, 6.45) is 8.34. The predicted molar refractivity (Wildman–Crippen MR) is 94.1 cm³/mol. The number of benzene rings is 1. The van der Waals surface area contributed by atoms with Crippen molar-refractivity contribution in [3.05, 3.63) is 29.3 Å². The van der Waals surface area contributed by atoms with Crippen LogP contribution in [0.15, 0.2) is 18.2 Å². The smallest absolute Gasteiger partial charge is 0.254 e. The third-order valence-electron chi connectivity index (χ3n) is 4.94. The second-order valence-electron chi connectivity index (χ2n) is 6.25. The zero-order valence-corrected chi connectivity index (χ0v) is 14.3. The summed E-state index contributed by atoms with van der Waals surface area (Å²) in [5.74, 6) is 0.241. The average molecular weight is 323 g/mol. The molecule has 3 nitrogen and oxygen atoms in total. The summed E-state index contributed by atoms with van der Waals surface area (Å²) in [6.45, 7) is 3.95. The molecule has 1 N–H and O–H groups in total. The first-order valence-electron chi connectivity index (χ1n) is 8.48. The maximum Gasteiger partial charge on any atom is 0.254 e. The number of halogens is 1. The van der Waals surface area contributed by atoms with Crippen molar-refractivity contribution in [2.45, 2.75) is 57.9 Å². The largest absolute Gasteiger partial charge is 0.385 e. The minimum atomic E-state index is 0. The van der Waals surface area contributed by atoms with Crippen LogP contribution in [-0.2, 0) is 6.42 Å². The monoisotopic (exact) mass is 322 g/mol. The fourth-order valence-electron chi connectivity index (χ4n) is 3.83. The van der Waals surface area contributed by atoms with E-state index in [9.17, 15) is 4.79 Å². The van der Waals surface area contributed by atoms with E-state index in [-0.39, 0.29) is 18.3 Å². The van der Waals surface area contributed by atoms with Crippen LogP contribution in [0.5, 0.6) is 0 Å². The lowest BCUT2D eigenvalue weighted by molar-refractivity contribution is 0.0647. The number of nitrogens with zero attached hydrogens (tertiary/aromatic N) is 1. The van der Waals surface area contributed by atoms with E-state index in [0.717, 1.165) is 37.2 Å². The predicted octanol–water partition coefficient (Wildman–Crippen LogP) is 4.26. The summed E-state index contributed by atoms with van der Waals surface area (Å²) < 4.78 is 0. The molecule has 1 aromatic carbocycles. The van der Waals surface area contributed by atoms with Gasteiger partial charge in [0.05, 0.1) is 0 Å². The van der Waals surface area contributed by atoms with Gasteiger partial charge in [-0.1, -0.05) is 25.3 Å². The van der Waals surface area contributed by atoms with Gasteiger partial charge in [0, 0.05) is 30.4 Å². The average Bonchev–Trinajstić information content (AvgIpc) is 2.56. The molecule has 3 rings (SSSR count). The van der Waals surface area contributed by atoms with Gasteiger partial charge in [-0.15, -0.1) is 12.4 Å². The van der Waals surface area contributed by atoms with Gasteiger partial charge in [0.15, 0.2) is 0 Å². The van der Waals surface area contributed by atoms with E-state index in [2.05, 4.69) is 23.2 Å². The summed E-state index contributed by atoms with van der Waals surface area (Å²) in [5, 5.41) is 3.42. The van der Waals surface area contributed by atoms with Gasteiger partial charge in [-0.3, -0.25) is 4.79 Å². The van der Waals surface area contributed by atoms with Crippen LogP contribution in [0.3, 0.4) is 0 Å². The highest BCUT2D eigenvalue weighted by molar-refractivity contribution is 5.97. The van der Waals surface area contributed by atoms with E-state index in [1.165, 1.54) is 37.7 Å². The van der Waals surface area contributed by atoms with Gasteiger partial charge < -0.3 is 10.2 Å². The van der Waals surface area contributed by atoms with E-state index in [1.807, 2.05) is 12.1 Å². The summed E-state index contributed by atoms with van der Waals surface area (Å²) in [5.41, 5.74) is 3.31. The standard InChI is InChI=1S/C18H26N2O.ClH/c1-2-20(14-8-4-3-5-9-14)18(21)16-10-6-12-17-15(16)11-7-13-19-17;/h6,10,12,14,19H,2-5,7-9,11,13H2,1H3;1H. The molecule has 0 aromatic heterocycles. The van der Waals surface area contributed by atoms with Gasteiger partial charge in [-0.05, 0) is 50.3 Å². The number of carbonyl (C=O) groups is 1. The molecule has 1 saturated carbocycles. The molecule has 4 heteroatoms. The topological polar surface area (TPSA) is 32.3 Å². The number of amides is 1. The van der Waals surface area contributed by atoms with E-state index in [4.69, 9.17) is 0 Å². The van der Waals surface area contributed by atoms with E-state index in [1.54, 1.807) is 0 Å². The fraction of sp³-hybridized carbons (Fsp3) is 0.611. The van der Waals surface area contributed by atoms with Crippen molar-refractivity contribution < 1.29 is 4.79 Å². The van der Waals surface area contributed by atoms with Crippen molar-refractivity contribution >= 4 is 24.0 Å². The van der Waals surface area contributed by atoms with Gasteiger partial charge >= 0.3 is 0 Å². The quantitative estimate of drug-likeness (QED) is 0.901. The summed E-state index contributed by atoms with van der Waals surface area (Å²) in [4.78, 5) is 15.2. The molecule has 0 spiro atoms. The molecule has 1 aliphatic carbocycles. The van der Waals surface area contributed by atoms with Crippen LogP contribution in [0, 0.1) is 0 Å². The van der Waals surface area contributed by atoms with Gasteiger partial charge in [0.2, 0.25) is 0 Å². The Bertz CT molecular complexity index is 512. The van der Waals surface area contributed by atoms with Crippen LogP contribution in [0.4, 0.5) is 5.69 Å². The van der Waals surface area contributed by atoms with Crippen molar-refractivity contribution in [1.82, 2.24) is 4.90 Å². The number of hydrogen-bond acceptors (Lipinski definition) is 2. The lowest BCUT2D eigenvalue weighted by Crippen LogP contribution is -2.41. The maximum absolute atomic E-state index is 13.0. The molecule has 0 unspecified atom stereocenters. The molecule has 122 valence electrons. The van der Waals surface area contributed by atoms with Crippen LogP contribution >= 0.6 is 12.4 Å². The SMILES string of the molecule is CCN(C(=O)c1cccc2c1CCCN2)C1CCCCC1.Cl.